The molecular weight excluding hydrogens is 228 g/mol. The lowest BCUT2D eigenvalue weighted by molar-refractivity contribution is -0.539. The van der Waals surface area contributed by atoms with Gasteiger partial charge in [0.05, 0.1) is 26.2 Å². The molecule has 1 aliphatic rings. The van der Waals surface area contributed by atoms with Crippen molar-refractivity contribution < 1.29 is 9.37 Å². The molecule has 1 heterocycles. The molecule has 96 valence electrons. The van der Waals surface area contributed by atoms with E-state index in [9.17, 15) is 4.79 Å². The molecule has 0 saturated carbocycles. The second-order valence-electron chi connectivity index (χ2n) is 4.57. The van der Waals surface area contributed by atoms with Crippen LogP contribution in [-0.4, -0.2) is 47.5 Å². The minimum absolute atomic E-state index is 0.0777. The molecule has 0 atom stereocenters. The lowest BCUT2D eigenvalue weighted by Crippen LogP contribution is -2.49. The number of nitrogens with two attached hydrogens (primary N) is 2. The number of amides is 1. The van der Waals surface area contributed by atoms with Crippen LogP contribution in [0.15, 0.2) is 24.3 Å². The number of benzene rings is 1. The number of carbonyl (C=O) groups is 1. The molecule has 4 N–H and O–H groups in total. The van der Waals surface area contributed by atoms with Gasteiger partial charge in [-0.05, 0) is 19.1 Å². The van der Waals surface area contributed by atoms with Crippen LogP contribution in [0.4, 0.5) is 0 Å². The predicted octanol–water partition coefficient (Wildman–Crippen LogP) is -0.263. The monoisotopic (exact) mass is 247 g/mol. The molecule has 1 aromatic carbocycles. The molecule has 5 heteroatoms. The fourth-order valence-corrected chi connectivity index (χ4v) is 2.13. The van der Waals surface area contributed by atoms with Gasteiger partial charge in [0.2, 0.25) is 0 Å². The van der Waals surface area contributed by atoms with Gasteiger partial charge in [0, 0.05) is 5.56 Å². The van der Waals surface area contributed by atoms with Crippen molar-refractivity contribution in [1.29, 1.82) is 0 Å². The second kappa shape index (κ2) is 5.08. The first kappa shape index (κ1) is 12.4. The molecule has 0 aromatic heterocycles. The standard InChI is InChI=1S/C13H18N4O/c1-10-3-2-4-11(9-10)12(18)16-5-7-17(8-6-16)13(14)15/h2-4,9H,5-8H2,1H3,(H3,14,15)/p+1. The van der Waals surface area contributed by atoms with E-state index in [-0.39, 0.29) is 5.91 Å². The number of aryl methyl sites for hydroxylation is 1. The summed E-state index contributed by atoms with van der Waals surface area (Å²) in [7, 11) is 0. The number of carbonyl (C=O) groups excluding carboxylic acids is 1. The molecule has 18 heavy (non-hydrogen) atoms. The number of hydrogen-bond donors (Lipinski definition) is 2. The first-order valence-corrected chi connectivity index (χ1v) is 6.06. The van der Waals surface area contributed by atoms with Crippen LogP contribution < -0.4 is 11.5 Å². The van der Waals surface area contributed by atoms with Crippen molar-refractivity contribution in [1.82, 2.24) is 4.90 Å². The van der Waals surface area contributed by atoms with E-state index < -0.39 is 0 Å². The Balaban J connectivity index is 2.06. The summed E-state index contributed by atoms with van der Waals surface area (Å²) in [5.74, 6) is 0.409. The van der Waals surface area contributed by atoms with E-state index in [1.807, 2.05) is 40.7 Å². The molecule has 0 radical (unpaired) electrons. The third-order valence-corrected chi connectivity index (χ3v) is 3.20. The van der Waals surface area contributed by atoms with Gasteiger partial charge in [0.15, 0.2) is 0 Å². The van der Waals surface area contributed by atoms with Gasteiger partial charge in [-0.1, -0.05) is 17.7 Å². The molecule has 1 saturated heterocycles. The minimum atomic E-state index is 0.0777. The maximum Gasteiger partial charge on any atom is 0.341 e. The average Bonchev–Trinajstić information content (AvgIpc) is 2.38. The van der Waals surface area contributed by atoms with Crippen molar-refractivity contribution in [2.24, 2.45) is 11.5 Å². The van der Waals surface area contributed by atoms with Gasteiger partial charge >= 0.3 is 5.96 Å². The molecule has 1 amide bonds. The highest BCUT2D eigenvalue weighted by Crippen LogP contribution is 2.09. The minimum Gasteiger partial charge on any atom is -0.332 e. The number of guanidine groups is 1. The van der Waals surface area contributed by atoms with Crippen LogP contribution in [0.1, 0.15) is 15.9 Å². The molecule has 1 fully saturated rings. The van der Waals surface area contributed by atoms with E-state index in [0.29, 0.717) is 32.1 Å². The molecule has 1 aliphatic heterocycles. The Labute approximate surface area is 107 Å². The molecule has 1 aromatic rings. The summed E-state index contributed by atoms with van der Waals surface area (Å²) in [6, 6.07) is 7.66. The van der Waals surface area contributed by atoms with Gasteiger partial charge in [-0.15, -0.1) is 0 Å². The van der Waals surface area contributed by atoms with E-state index in [1.165, 1.54) is 0 Å². The van der Waals surface area contributed by atoms with Crippen molar-refractivity contribution in [2.75, 3.05) is 26.2 Å². The first-order valence-electron chi connectivity index (χ1n) is 6.06. The highest BCUT2D eigenvalue weighted by Gasteiger charge is 2.22. The van der Waals surface area contributed by atoms with Gasteiger partial charge in [-0.3, -0.25) is 20.8 Å². The van der Waals surface area contributed by atoms with Gasteiger partial charge in [0.25, 0.3) is 5.91 Å². The van der Waals surface area contributed by atoms with Crippen LogP contribution in [-0.2, 0) is 0 Å². The first-order chi connectivity index (χ1) is 8.58. The van der Waals surface area contributed by atoms with E-state index in [4.69, 9.17) is 11.5 Å². The van der Waals surface area contributed by atoms with Gasteiger partial charge in [-0.25, -0.2) is 0 Å². The zero-order valence-corrected chi connectivity index (χ0v) is 10.6. The molecule has 2 rings (SSSR count). The molecule has 0 aliphatic carbocycles. The highest BCUT2D eigenvalue weighted by atomic mass is 16.2. The van der Waals surface area contributed by atoms with E-state index >= 15 is 0 Å². The van der Waals surface area contributed by atoms with Crippen molar-refractivity contribution >= 4 is 11.9 Å². The molecular formula is C13H19N4O+. The van der Waals surface area contributed by atoms with Crippen LogP contribution in [0.25, 0.3) is 0 Å². The molecule has 0 bridgehead atoms. The maximum atomic E-state index is 12.3. The van der Waals surface area contributed by atoms with Crippen molar-refractivity contribution in [3.05, 3.63) is 35.4 Å². The molecule has 0 spiro atoms. The smallest absolute Gasteiger partial charge is 0.332 e. The summed E-state index contributed by atoms with van der Waals surface area (Å²) in [5.41, 5.74) is 12.9. The Hall–Kier alpha value is -2.04. The maximum absolute atomic E-state index is 12.3. The van der Waals surface area contributed by atoms with Crippen LogP contribution in [0, 0.1) is 6.92 Å². The molecule has 0 unspecified atom stereocenters. The quantitative estimate of drug-likeness (QED) is 0.530. The van der Waals surface area contributed by atoms with Crippen molar-refractivity contribution in [3.63, 3.8) is 0 Å². The number of hydrogen-bond acceptors (Lipinski definition) is 1. The SMILES string of the molecule is Cc1cccc(C(=O)N2CC[N+](=C(N)N)CC2)c1. The Bertz CT molecular complexity index is 482. The average molecular weight is 247 g/mol. The summed E-state index contributed by atoms with van der Waals surface area (Å²) in [4.78, 5) is 14.1. The summed E-state index contributed by atoms with van der Waals surface area (Å²) in [6.45, 7) is 4.69. The lowest BCUT2D eigenvalue weighted by Gasteiger charge is -2.28. The fraction of sp³-hybridized carbons (Fsp3) is 0.385. The van der Waals surface area contributed by atoms with E-state index in [0.717, 1.165) is 11.1 Å². The Morgan fingerprint density at radius 2 is 1.94 bits per heavy atom. The highest BCUT2D eigenvalue weighted by molar-refractivity contribution is 5.94. The van der Waals surface area contributed by atoms with Gasteiger partial charge in [0.1, 0.15) is 0 Å². The molecule has 5 nitrogen and oxygen atoms in total. The van der Waals surface area contributed by atoms with Crippen LogP contribution in [0.3, 0.4) is 0 Å². The van der Waals surface area contributed by atoms with Crippen LogP contribution in [0.5, 0.6) is 0 Å². The van der Waals surface area contributed by atoms with E-state index in [2.05, 4.69) is 0 Å². The summed E-state index contributed by atoms with van der Waals surface area (Å²) < 4.78 is 1.89. The number of nitrogens with zero attached hydrogens (tertiary/aromatic N) is 2. The normalized spacial score (nSPS) is 15.6. The van der Waals surface area contributed by atoms with Crippen molar-refractivity contribution in [3.8, 4) is 0 Å². The Kier molecular flexibility index (Phi) is 3.50. The zero-order chi connectivity index (χ0) is 13.1. The van der Waals surface area contributed by atoms with Crippen LogP contribution in [0.2, 0.25) is 0 Å². The second-order valence-corrected chi connectivity index (χ2v) is 4.57. The summed E-state index contributed by atoms with van der Waals surface area (Å²) in [5, 5.41) is 0. The van der Waals surface area contributed by atoms with Gasteiger partial charge in [-0.2, -0.15) is 0 Å². The summed E-state index contributed by atoms with van der Waals surface area (Å²) >= 11 is 0. The fourth-order valence-electron chi connectivity index (χ4n) is 2.13. The topological polar surface area (TPSA) is 75.4 Å². The van der Waals surface area contributed by atoms with Gasteiger partial charge < -0.3 is 4.90 Å². The van der Waals surface area contributed by atoms with E-state index in [1.54, 1.807) is 0 Å². The Morgan fingerprint density at radius 3 is 2.50 bits per heavy atom. The summed E-state index contributed by atoms with van der Waals surface area (Å²) in [6.07, 6.45) is 0. The van der Waals surface area contributed by atoms with Crippen LogP contribution >= 0.6 is 0 Å². The Morgan fingerprint density at radius 1 is 1.28 bits per heavy atom. The number of piperazine rings is 1. The lowest BCUT2D eigenvalue weighted by atomic mass is 10.1. The predicted molar refractivity (Wildman–Crippen MR) is 70.5 cm³/mol. The third kappa shape index (κ3) is 2.61. The zero-order valence-electron chi connectivity index (χ0n) is 10.6. The largest absolute Gasteiger partial charge is 0.341 e. The third-order valence-electron chi connectivity index (χ3n) is 3.20. The number of rotatable bonds is 1. The van der Waals surface area contributed by atoms with Crippen molar-refractivity contribution in [2.45, 2.75) is 6.92 Å².